The number of Topliss-reactive ketones (excluding diaryl/α,β-unsaturated/α-hetero) is 1. The zero-order valence-corrected chi connectivity index (χ0v) is 21.1. The summed E-state index contributed by atoms with van der Waals surface area (Å²) < 4.78 is 1.88. The molecule has 1 aliphatic heterocycles. The van der Waals surface area contributed by atoms with E-state index in [1.54, 1.807) is 37.4 Å². The van der Waals surface area contributed by atoms with E-state index in [4.69, 9.17) is 0 Å². The summed E-state index contributed by atoms with van der Waals surface area (Å²) in [4.78, 5) is 28.0. The molecule has 0 spiro atoms. The fraction of sp³-hybridized carbons (Fsp3) is 0.276. The van der Waals surface area contributed by atoms with Crippen LogP contribution < -0.4 is 4.90 Å². The van der Waals surface area contributed by atoms with Gasteiger partial charge in [-0.25, -0.2) is 0 Å². The highest BCUT2D eigenvalue weighted by Gasteiger charge is 2.48. The third-order valence-electron chi connectivity index (χ3n) is 6.84. The number of carbonyl (C=O) groups excluding carboxylic acids is 2. The summed E-state index contributed by atoms with van der Waals surface area (Å²) in [5.74, 6) is -0.876. The van der Waals surface area contributed by atoms with E-state index >= 15 is 0 Å². The molecule has 37 heavy (non-hydrogen) atoms. The van der Waals surface area contributed by atoms with Gasteiger partial charge in [-0.2, -0.15) is 10.2 Å². The summed E-state index contributed by atoms with van der Waals surface area (Å²) in [7, 11) is 0. The van der Waals surface area contributed by atoms with Gasteiger partial charge in [-0.1, -0.05) is 56.3 Å². The molecule has 1 amide bonds. The minimum Gasteiger partial charge on any atom is -0.507 e. The van der Waals surface area contributed by atoms with Crippen molar-refractivity contribution in [2.45, 2.75) is 45.7 Å². The first-order valence-electron chi connectivity index (χ1n) is 12.4. The number of allylic oxidation sites excluding steroid dienone is 2. The van der Waals surface area contributed by atoms with Crippen LogP contribution in [-0.2, 0) is 16.1 Å². The molecular weight excluding hydrogens is 466 g/mol. The Balaban J connectivity index is 1.56. The smallest absolute Gasteiger partial charge is 0.301 e. The molecule has 1 N–H and O–H groups in total. The summed E-state index contributed by atoms with van der Waals surface area (Å²) in [6.07, 6.45) is 10.4. The molecule has 1 aromatic carbocycles. The molecule has 8 heteroatoms. The number of nitrogens with zero attached hydrogens (tertiary/aromatic N) is 5. The molecule has 1 fully saturated rings. The molecule has 188 valence electrons. The number of benzene rings is 1. The highest BCUT2D eigenvalue weighted by Crippen LogP contribution is 2.37. The molecule has 8 nitrogen and oxygen atoms in total. The molecule has 1 saturated heterocycles. The van der Waals surface area contributed by atoms with Crippen molar-refractivity contribution in [2.75, 3.05) is 4.90 Å². The Morgan fingerprint density at radius 1 is 1.11 bits per heavy atom. The Kier molecular flexibility index (Phi) is 6.56. The van der Waals surface area contributed by atoms with Crippen molar-refractivity contribution in [3.63, 3.8) is 0 Å². The van der Waals surface area contributed by atoms with Crippen LogP contribution in [0.25, 0.3) is 5.76 Å². The highest BCUT2D eigenvalue weighted by atomic mass is 16.3. The van der Waals surface area contributed by atoms with E-state index in [1.165, 1.54) is 4.90 Å². The Bertz CT molecular complexity index is 1400. The lowest BCUT2D eigenvalue weighted by Crippen LogP contribution is -2.36. The van der Waals surface area contributed by atoms with Gasteiger partial charge in [-0.3, -0.25) is 19.2 Å². The van der Waals surface area contributed by atoms with Crippen LogP contribution in [0.2, 0.25) is 0 Å². The van der Waals surface area contributed by atoms with Crippen molar-refractivity contribution in [1.29, 1.82) is 0 Å². The van der Waals surface area contributed by atoms with Crippen LogP contribution in [0.5, 0.6) is 0 Å². The molecule has 2 aromatic heterocycles. The van der Waals surface area contributed by atoms with Crippen molar-refractivity contribution >= 4 is 23.3 Å². The third kappa shape index (κ3) is 4.74. The molecule has 0 radical (unpaired) electrons. The van der Waals surface area contributed by atoms with E-state index in [2.05, 4.69) is 35.2 Å². The van der Waals surface area contributed by atoms with Gasteiger partial charge in [-0.15, -0.1) is 5.10 Å². The maximum atomic E-state index is 13.4. The molecule has 2 atom stereocenters. The number of amides is 1. The van der Waals surface area contributed by atoms with E-state index < -0.39 is 17.7 Å². The van der Waals surface area contributed by atoms with Crippen molar-refractivity contribution in [1.82, 2.24) is 20.0 Å². The number of ketones is 1. The van der Waals surface area contributed by atoms with E-state index in [0.29, 0.717) is 23.6 Å². The average Bonchev–Trinajstić information content (AvgIpc) is 3.51. The van der Waals surface area contributed by atoms with E-state index in [0.717, 1.165) is 17.7 Å². The molecule has 2 unspecified atom stereocenters. The Labute approximate surface area is 215 Å². The van der Waals surface area contributed by atoms with E-state index in [-0.39, 0.29) is 23.1 Å². The third-order valence-corrected chi connectivity index (χ3v) is 6.84. The fourth-order valence-electron chi connectivity index (χ4n) is 4.75. The predicted octanol–water partition coefficient (Wildman–Crippen LogP) is 4.56. The first-order valence-corrected chi connectivity index (χ1v) is 12.4. The number of aliphatic hydroxyl groups is 1. The fourth-order valence-corrected chi connectivity index (χ4v) is 4.75. The molecule has 3 heterocycles. The first kappa shape index (κ1) is 24.4. The number of anilines is 1. The molecule has 0 bridgehead atoms. The van der Waals surface area contributed by atoms with Gasteiger partial charge in [-0.05, 0) is 48.6 Å². The lowest BCUT2D eigenvalue weighted by Gasteiger charge is -2.27. The Morgan fingerprint density at radius 3 is 2.49 bits per heavy atom. The van der Waals surface area contributed by atoms with Crippen molar-refractivity contribution in [3.05, 3.63) is 101 Å². The van der Waals surface area contributed by atoms with Crippen molar-refractivity contribution < 1.29 is 14.7 Å². The quantitative estimate of drug-likeness (QED) is 0.306. The van der Waals surface area contributed by atoms with Crippen LogP contribution in [-0.4, -0.2) is 42.8 Å². The maximum absolute atomic E-state index is 13.4. The normalized spacial score (nSPS) is 21.1. The van der Waals surface area contributed by atoms with Crippen molar-refractivity contribution in [2.24, 2.45) is 5.92 Å². The second-order valence-corrected chi connectivity index (χ2v) is 9.77. The monoisotopic (exact) mass is 495 g/mol. The lowest BCUT2D eigenvalue weighted by atomic mass is 9.88. The molecule has 0 saturated carbocycles. The van der Waals surface area contributed by atoms with Gasteiger partial charge in [0.15, 0.2) is 5.82 Å². The van der Waals surface area contributed by atoms with Gasteiger partial charge in [0, 0.05) is 30.4 Å². The maximum Gasteiger partial charge on any atom is 0.301 e. The summed E-state index contributed by atoms with van der Waals surface area (Å²) in [6, 6.07) is 11.9. The number of hydrogen-bond acceptors (Lipinski definition) is 6. The van der Waals surface area contributed by atoms with Crippen molar-refractivity contribution in [3.8, 4) is 0 Å². The molecule has 2 aliphatic rings. The van der Waals surface area contributed by atoms with Crippen LogP contribution in [0.3, 0.4) is 0 Å². The van der Waals surface area contributed by atoms with Gasteiger partial charge in [0.05, 0.1) is 17.3 Å². The van der Waals surface area contributed by atoms with Gasteiger partial charge < -0.3 is 5.11 Å². The van der Waals surface area contributed by atoms with Crippen LogP contribution in [0, 0.1) is 12.8 Å². The zero-order valence-electron chi connectivity index (χ0n) is 21.1. The van der Waals surface area contributed by atoms with E-state index in [1.807, 2.05) is 41.2 Å². The number of carbonyl (C=O) groups is 2. The standard InChI is InChI=1S/C29H29N5O3/c1-18(2)21-10-12-23(13-11-21)27(35)25-26(22-8-6-20(7-9-22)17-33-16-4-15-30-33)34(29(37)28(25)36)24-14-5-19(3)31-32-24/h4-6,8-16,18,20,26,35H,7,17H2,1-3H3. The van der Waals surface area contributed by atoms with Crippen LogP contribution in [0.15, 0.2) is 84.2 Å². The Morgan fingerprint density at radius 2 is 1.89 bits per heavy atom. The molecule has 5 rings (SSSR count). The summed E-state index contributed by atoms with van der Waals surface area (Å²) >= 11 is 0. The number of rotatable bonds is 6. The Hall–Kier alpha value is -4.33. The predicted molar refractivity (Wildman–Crippen MR) is 141 cm³/mol. The van der Waals surface area contributed by atoms with Gasteiger partial charge in [0.1, 0.15) is 5.76 Å². The van der Waals surface area contributed by atoms with Gasteiger partial charge >= 0.3 is 5.91 Å². The lowest BCUT2D eigenvalue weighted by molar-refractivity contribution is -0.132. The molecular formula is C29H29N5O3. The van der Waals surface area contributed by atoms with Crippen LogP contribution in [0.4, 0.5) is 5.82 Å². The minimum absolute atomic E-state index is 0.0473. The van der Waals surface area contributed by atoms with Crippen LogP contribution >= 0.6 is 0 Å². The number of aliphatic hydroxyl groups excluding tert-OH is 1. The summed E-state index contributed by atoms with van der Waals surface area (Å²) in [6.45, 7) is 6.70. The molecule has 3 aromatic rings. The minimum atomic E-state index is -0.816. The first-order chi connectivity index (χ1) is 17.8. The largest absolute Gasteiger partial charge is 0.507 e. The second kappa shape index (κ2) is 9.97. The summed E-state index contributed by atoms with van der Waals surface area (Å²) in [5.41, 5.74) is 3.09. The topological polar surface area (TPSA) is 101 Å². The molecule has 1 aliphatic carbocycles. The SMILES string of the molecule is Cc1ccc(N2C(=O)C(=O)C(=C(O)c3ccc(C(C)C)cc3)C2C2=CCC(Cn3cccn3)C=C2)nn1. The second-order valence-electron chi connectivity index (χ2n) is 9.77. The zero-order chi connectivity index (χ0) is 26.1. The highest BCUT2D eigenvalue weighted by molar-refractivity contribution is 6.52. The number of aromatic nitrogens is 4. The average molecular weight is 496 g/mol. The van der Waals surface area contributed by atoms with E-state index in [9.17, 15) is 14.7 Å². The van der Waals surface area contributed by atoms with Crippen LogP contribution in [0.1, 0.15) is 43.0 Å². The van der Waals surface area contributed by atoms with Gasteiger partial charge in [0.25, 0.3) is 5.78 Å². The number of hydrogen-bond donors (Lipinski definition) is 1. The summed E-state index contributed by atoms with van der Waals surface area (Å²) in [5, 5.41) is 23.9. The number of aryl methyl sites for hydroxylation is 1. The van der Waals surface area contributed by atoms with Gasteiger partial charge in [0.2, 0.25) is 0 Å².